The Labute approximate surface area is 181 Å². The van der Waals surface area contributed by atoms with E-state index in [0.29, 0.717) is 63.9 Å². The number of hydrogen-bond acceptors (Lipinski definition) is 5. The molecule has 2 amide bonds. The molecule has 2 aliphatic heterocycles. The van der Waals surface area contributed by atoms with Gasteiger partial charge in [-0.3, -0.25) is 14.4 Å². The van der Waals surface area contributed by atoms with E-state index in [4.69, 9.17) is 4.74 Å². The third-order valence-corrected chi connectivity index (χ3v) is 6.33. The molecule has 0 radical (unpaired) electrons. The van der Waals surface area contributed by atoms with Gasteiger partial charge in [-0.15, -0.1) is 0 Å². The van der Waals surface area contributed by atoms with E-state index < -0.39 is 11.5 Å². The van der Waals surface area contributed by atoms with Gasteiger partial charge in [0.2, 0.25) is 11.8 Å². The Hall–Kier alpha value is -1.63. The number of nitrogens with zero attached hydrogens (tertiary/aromatic N) is 2. The van der Waals surface area contributed by atoms with Gasteiger partial charge in [0.15, 0.2) is 0 Å². The molecular weight excluding hydrogens is 382 g/mol. The van der Waals surface area contributed by atoms with E-state index in [1.54, 1.807) is 0 Å². The quantitative estimate of drug-likeness (QED) is 0.607. The van der Waals surface area contributed by atoms with Crippen LogP contribution in [0.5, 0.6) is 0 Å². The second-order valence-corrected chi connectivity index (χ2v) is 9.92. The van der Waals surface area contributed by atoms with Crippen LogP contribution in [0.4, 0.5) is 0 Å². The molecule has 30 heavy (non-hydrogen) atoms. The average molecular weight is 424 g/mol. The van der Waals surface area contributed by atoms with Crippen LogP contribution in [0, 0.1) is 17.3 Å². The Morgan fingerprint density at radius 3 is 2.30 bits per heavy atom. The van der Waals surface area contributed by atoms with Crippen LogP contribution < -0.4 is 5.32 Å². The van der Waals surface area contributed by atoms with Gasteiger partial charge in [0.1, 0.15) is 6.04 Å². The molecule has 172 valence electrons. The minimum atomic E-state index is -0.534. The van der Waals surface area contributed by atoms with Crippen molar-refractivity contribution in [3.05, 3.63) is 0 Å². The molecule has 0 aromatic carbocycles. The summed E-state index contributed by atoms with van der Waals surface area (Å²) in [5.74, 6) is 0.605. The molecule has 0 spiro atoms. The molecule has 0 aliphatic carbocycles. The Morgan fingerprint density at radius 2 is 1.77 bits per heavy atom. The standard InChI is InChI=1S/C23H41N3O4/c1-7-30-22(29)23(6)8-11-25(12-9-23)21(28)19(15-17(4)5)26-13-10-24-18(20(26)27)14-16(2)3/h16-19,24H,7-15H2,1-6H3/t18-,19?/m0/s1. The topological polar surface area (TPSA) is 79.0 Å². The number of piperidine rings is 1. The Morgan fingerprint density at radius 1 is 1.13 bits per heavy atom. The summed E-state index contributed by atoms with van der Waals surface area (Å²) in [4.78, 5) is 42.6. The van der Waals surface area contributed by atoms with Gasteiger partial charge in [0, 0.05) is 26.2 Å². The maximum atomic E-state index is 13.5. The van der Waals surface area contributed by atoms with E-state index >= 15 is 0 Å². The number of carbonyl (C=O) groups is 3. The van der Waals surface area contributed by atoms with Gasteiger partial charge in [-0.1, -0.05) is 27.7 Å². The number of piperazine rings is 1. The van der Waals surface area contributed by atoms with Crippen molar-refractivity contribution in [1.82, 2.24) is 15.1 Å². The number of ether oxygens (including phenoxy) is 1. The van der Waals surface area contributed by atoms with Crippen LogP contribution in [0.25, 0.3) is 0 Å². The van der Waals surface area contributed by atoms with E-state index in [0.717, 1.165) is 6.42 Å². The monoisotopic (exact) mass is 423 g/mol. The lowest BCUT2D eigenvalue weighted by Gasteiger charge is -2.43. The molecule has 0 bridgehead atoms. The first-order valence-electron chi connectivity index (χ1n) is 11.6. The van der Waals surface area contributed by atoms with Crippen LogP contribution in [0.2, 0.25) is 0 Å². The van der Waals surface area contributed by atoms with E-state index in [-0.39, 0.29) is 23.8 Å². The smallest absolute Gasteiger partial charge is 0.311 e. The maximum absolute atomic E-state index is 13.5. The number of carbonyl (C=O) groups excluding carboxylic acids is 3. The van der Waals surface area contributed by atoms with Gasteiger partial charge in [0.05, 0.1) is 18.1 Å². The second-order valence-electron chi connectivity index (χ2n) is 9.92. The zero-order valence-corrected chi connectivity index (χ0v) is 19.7. The first kappa shape index (κ1) is 24.6. The fraction of sp³-hybridized carbons (Fsp3) is 0.870. The number of hydrogen-bond donors (Lipinski definition) is 1. The van der Waals surface area contributed by atoms with Crippen LogP contribution in [0.15, 0.2) is 0 Å². The summed E-state index contributed by atoms with van der Waals surface area (Å²) in [6, 6.07) is -0.643. The third kappa shape index (κ3) is 5.96. The molecule has 0 aromatic heterocycles. The highest BCUT2D eigenvalue weighted by atomic mass is 16.5. The average Bonchev–Trinajstić information content (AvgIpc) is 2.68. The fourth-order valence-electron chi connectivity index (χ4n) is 4.47. The Balaban J connectivity index is 2.11. The predicted octanol–water partition coefficient (Wildman–Crippen LogP) is 2.44. The van der Waals surface area contributed by atoms with Crippen LogP contribution in [0.3, 0.4) is 0 Å². The number of amides is 2. The van der Waals surface area contributed by atoms with Gasteiger partial charge >= 0.3 is 5.97 Å². The van der Waals surface area contributed by atoms with Crippen LogP contribution in [-0.2, 0) is 19.1 Å². The minimum Gasteiger partial charge on any atom is -0.466 e. The van der Waals surface area contributed by atoms with Crippen LogP contribution in [0.1, 0.15) is 67.2 Å². The van der Waals surface area contributed by atoms with Gasteiger partial charge in [-0.05, 0) is 51.4 Å². The highest BCUT2D eigenvalue weighted by molar-refractivity contribution is 5.90. The highest BCUT2D eigenvalue weighted by Crippen LogP contribution is 2.33. The molecule has 1 N–H and O–H groups in total. The lowest BCUT2D eigenvalue weighted by Crippen LogP contribution is -2.62. The van der Waals surface area contributed by atoms with Crippen molar-refractivity contribution in [3.63, 3.8) is 0 Å². The predicted molar refractivity (Wildman–Crippen MR) is 117 cm³/mol. The summed E-state index contributed by atoms with van der Waals surface area (Å²) in [5, 5.41) is 3.32. The normalized spacial score (nSPS) is 23.1. The molecule has 2 heterocycles. The summed E-state index contributed by atoms with van der Waals surface area (Å²) < 4.78 is 5.23. The minimum absolute atomic E-state index is 0.0214. The fourth-order valence-corrected chi connectivity index (χ4v) is 4.47. The summed E-state index contributed by atoms with van der Waals surface area (Å²) in [6.07, 6.45) is 2.62. The molecule has 2 fully saturated rings. The Kier molecular flexibility index (Phi) is 8.71. The van der Waals surface area contributed by atoms with Gasteiger partial charge in [-0.2, -0.15) is 0 Å². The number of esters is 1. The van der Waals surface area contributed by atoms with E-state index in [1.807, 2.05) is 23.6 Å². The van der Waals surface area contributed by atoms with E-state index in [1.165, 1.54) is 0 Å². The van der Waals surface area contributed by atoms with E-state index in [2.05, 4.69) is 33.0 Å². The van der Waals surface area contributed by atoms with E-state index in [9.17, 15) is 14.4 Å². The molecule has 2 atom stereocenters. The molecule has 0 saturated carbocycles. The molecule has 2 rings (SSSR count). The first-order valence-corrected chi connectivity index (χ1v) is 11.6. The molecule has 7 heteroatoms. The van der Waals surface area contributed by atoms with Crippen molar-refractivity contribution in [2.24, 2.45) is 17.3 Å². The van der Waals surface area contributed by atoms with Gasteiger partial charge in [0.25, 0.3) is 0 Å². The largest absolute Gasteiger partial charge is 0.466 e. The summed E-state index contributed by atoms with van der Waals surface area (Å²) >= 11 is 0. The zero-order chi connectivity index (χ0) is 22.5. The van der Waals surface area contributed by atoms with Crippen LogP contribution >= 0.6 is 0 Å². The third-order valence-electron chi connectivity index (χ3n) is 6.33. The summed E-state index contributed by atoms with van der Waals surface area (Å²) in [5.41, 5.74) is -0.534. The van der Waals surface area contributed by atoms with Crippen molar-refractivity contribution in [3.8, 4) is 0 Å². The molecule has 2 aliphatic rings. The Bertz CT molecular complexity index is 612. The zero-order valence-electron chi connectivity index (χ0n) is 19.7. The highest BCUT2D eigenvalue weighted by Gasteiger charge is 2.43. The number of rotatable bonds is 8. The molecular formula is C23H41N3O4. The maximum Gasteiger partial charge on any atom is 0.311 e. The SMILES string of the molecule is CCOC(=O)C1(C)CCN(C(=O)C(CC(C)C)N2CCN[C@@H](CC(C)C)C2=O)CC1. The molecule has 7 nitrogen and oxygen atoms in total. The second kappa shape index (κ2) is 10.6. The molecule has 0 aromatic rings. The lowest BCUT2D eigenvalue weighted by molar-refractivity contribution is -0.160. The lowest BCUT2D eigenvalue weighted by atomic mass is 9.80. The summed E-state index contributed by atoms with van der Waals surface area (Å²) in [6.45, 7) is 14.8. The van der Waals surface area contributed by atoms with Crippen molar-refractivity contribution >= 4 is 17.8 Å². The summed E-state index contributed by atoms with van der Waals surface area (Å²) in [7, 11) is 0. The molecule has 2 saturated heterocycles. The van der Waals surface area contributed by atoms with Crippen LogP contribution in [-0.4, -0.2) is 72.5 Å². The van der Waals surface area contributed by atoms with Gasteiger partial charge < -0.3 is 19.9 Å². The van der Waals surface area contributed by atoms with Gasteiger partial charge in [-0.25, -0.2) is 0 Å². The van der Waals surface area contributed by atoms with Crippen molar-refractivity contribution in [1.29, 1.82) is 0 Å². The number of nitrogens with one attached hydrogen (secondary N) is 1. The number of likely N-dealkylation sites (tertiary alicyclic amines) is 1. The van der Waals surface area contributed by atoms with Crippen molar-refractivity contribution < 1.29 is 19.1 Å². The molecule has 1 unspecified atom stereocenters. The van der Waals surface area contributed by atoms with Crippen molar-refractivity contribution in [2.75, 3.05) is 32.8 Å². The van der Waals surface area contributed by atoms with Crippen molar-refractivity contribution in [2.45, 2.75) is 79.3 Å². The first-order chi connectivity index (χ1) is 14.1.